The van der Waals surface area contributed by atoms with Gasteiger partial charge in [0, 0.05) is 4.92 Å². The molecule has 4 nitrogen and oxygen atoms in total. The highest BCUT2D eigenvalue weighted by atomic mass is 16.6. The van der Waals surface area contributed by atoms with E-state index in [9.17, 15) is 10.1 Å². The summed E-state index contributed by atoms with van der Waals surface area (Å²) in [5, 5.41) is 11.7. The molecular formula is C16H20N2O2. The fourth-order valence-corrected chi connectivity index (χ4v) is 3.54. The molecule has 0 spiro atoms. The van der Waals surface area contributed by atoms with Gasteiger partial charge in [-0.05, 0) is 37.9 Å². The smallest absolute Gasteiger partial charge is 0.238 e. The summed E-state index contributed by atoms with van der Waals surface area (Å²) >= 11 is 0. The minimum Gasteiger partial charge on any atom is -0.291 e. The second kappa shape index (κ2) is 5.75. The average Bonchev–Trinajstić information content (AvgIpc) is 3.01. The third kappa shape index (κ3) is 2.48. The maximum atomic E-state index is 11.7. The Hall–Kier alpha value is -1.68. The molecule has 1 aliphatic heterocycles. The molecule has 0 amide bonds. The molecule has 106 valence electrons. The van der Waals surface area contributed by atoms with Crippen molar-refractivity contribution < 1.29 is 4.92 Å². The van der Waals surface area contributed by atoms with Crippen LogP contribution in [0, 0.1) is 10.1 Å². The van der Waals surface area contributed by atoms with Crippen molar-refractivity contribution in [2.45, 2.75) is 37.3 Å². The van der Waals surface area contributed by atoms with Gasteiger partial charge in [-0.1, -0.05) is 42.5 Å². The van der Waals surface area contributed by atoms with E-state index in [1.54, 1.807) is 0 Å². The first-order valence-electron chi connectivity index (χ1n) is 7.36. The summed E-state index contributed by atoms with van der Waals surface area (Å²) in [4.78, 5) is 13.9. The normalized spacial score (nSPS) is 30.5. The minimum absolute atomic E-state index is 0.0122. The summed E-state index contributed by atoms with van der Waals surface area (Å²) < 4.78 is 0. The maximum Gasteiger partial charge on any atom is 0.238 e. The highest BCUT2D eigenvalue weighted by molar-refractivity contribution is 5.25. The summed E-state index contributed by atoms with van der Waals surface area (Å²) in [6.07, 6.45) is 7.26. The fourth-order valence-electron chi connectivity index (χ4n) is 3.54. The van der Waals surface area contributed by atoms with Crippen LogP contribution in [0.3, 0.4) is 0 Å². The Bertz CT molecular complexity index is 494. The van der Waals surface area contributed by atoms with Gasteiger partial charge < -0.3 is 0 Å². The summed E-state index contributed by atoms with van der Waals surface area (Å²) in [7, 11) is 0. The zero-order chi connectivity index (χ0) is 13.9. The summed E-state index contributed by atoms with van der Waals surface area (Å²) in [5.74, 6) is -0.0122. The zero-order valence-corrected chi connectivity index (χ0v) is 11.5. The lowest BCUT2D eigenvalue weighted by Crippen LogP contribution is -2.49. The molecule has 3 rings (SSSR count). The van der Waals surface area contributed by atoms with Gasteiger partial charge in [0.1, 0.15) is 0 Å². The molecule has 3 unspecified atom stereocenters. The van der Waals surface area contributed by atoms with Gasteiger partial charge in [-0.15, -0.1) is 0 Å². The van der Waals surface area contributed by atoms with E-state index in [0.717, 1.165) is 37.9 Å². The van der Waals surface area contributed by atoms with Crippen molar-refractivity contribution in [3.05, 3.63) is 58.2 Å². The van der Waals surface area contributed by atoms with Crippen LogP contribution in [-0.2, 0) is 0 Å². The van der Waals surface area contributed by atoms with Gasteiger partial charge >= 0.3 is 0 Å². The number of rotatable bonds is 3. The van der Waals surface area contributed by atoms with Gasteiger partial charge in [0.15, 0.2) is 0 Å². The van der Waals surface area contributed by atoms with Gasteiger partial charge in [0.2, 0.25) is 6.04 Å². The Morgan fingerprint density at radius 3 is 2.50 bits per heavy atom. The molecule has 1 heterocycles. The first kappa shape index (κ1) is 13.3. The number of benzene rings is 1. The zero-order valence-electron chi connectivity index (χ0n) is 11.5. The standard InChI is InChI=1S/C16H20N2O2/c19-18(20)16-14(13-7-2-1-3-8-13)9-6-10-15(16)17-11-4-5-12-17/h1-3,6-8,10,14-16H,4-5,9,11-12H2. The second-order valence-electron chi connectivity index (χ2n) is 5.69. The Morgan fingerprint density at radius 2 is 1.85 bits per heavy atom. The fraction of sp³-hybridized carbons (Fsp3) is 0.500. The van der Waals surface area contributed by atoms with Gasteiger partial charge in [-0.3, -0.25) is 15.0 Å². The van der Waals surface area contributed by atoms with Crippen molar-refractivity contribution in [3.63, 3.8) is 0 Å². The molecular weight excluding hydrogens is 252 g/mol. The third-order valence-electron chi connectivity index (χ3n) is 4.52. The highest BCUT2D eigenvalue weighted by Gasteiger charge is 2.43. The van der Waals surface area contributed by atoms with Crippen LogP contribution < -0.4 is 0 Å². The highest BCUT2D eigenvalue weighted by Crippen LogP contribution is 2.34. The van der Waals surface area contributed by atoms with Crippen LogP contribution in [0.4, 0.5) is 0 Å². The van der Waals surface area contributed by atoms with Crippen molar-refractivity contribution in [2.75, 3.05) is 13.1 Å². The van der Waals surface area contributed by atoms with Crippen LogP contribution in [0.2, 0.25) is 0 Å². The van der Waals surface area contributed by atoms with Gasteiger partial charge in [-0.25, -0.2) is 0 Å². The Kier molecular flexibility index (Phi) is 3.83. The maximum absolute atomic E-state index is 11.7. The SMILES string of the molecule is O=[N+]([O-])C1C(c2ccccc2)CC=CC1N1CCCC1. The van der Waals surface area contributed by atoms with Gasteiger partial charge in [0.25, 0.3) is 0 Å². The summed E-state index contributed by atoms with van der Waals surface area (Å²) in [5.41, 5.74) is 1.09. The van der Waals surface area contributed by atoms with Gasteiger partial charge in [-0.2, -0.15) is 0 Å². The van der Waals surface area contributed by atoms with E-state index in [-0.39, 0.29) is 16.9 Å². The molecule has 0 saturated carbocycles. The van der Waals surface area contributed by atoms with Crippen molar-refractivity contribution in [3.8, 4) is 0 Å². The Balaban J connectivity index is 1.91. The number of hydrogen-bond donors (Lipinski definition) is 0. The largest absolute Gasteiger partial charge is 0.291 e. The quantitative estimate of drug-likeness (QED) is 0.483. The number of nitrogens with zero attached hydrogens (tertiary/aromatic N) is 2. The molecule has 0 aromatic heterocycles. The molecule has 1 aromatic carbocycles. The minimum atomic E-state index is -0.527. The van der Waals surface area contributed by atoms with Crippen LogP contribution in [0.15, 0.2) is 42.5 Å². The van der Waals surface area contributed by atoms with E-state index in [1.807, 2.05) is 30.3 Å². The van der Waals surface area contributed by atoms with Crippen molar-refractivity contribution in [1.29, 1.82) is 0 Å². The first-order valence-corrected chi connectivity index (χ1v) is 7.36. The number of nitro groups is 1. The van der Waals surface area contributed by atoms with E-state index >= 15 is 0 Å². The molecule has 0 radical (unpaired) electrons. The predicted octanol–water partition coefficient (Wildman–Crippen LogP) is 2.84. The predicted molar refractivity (Wildman–Crippen MR) is 78.3 cm³/mol. The van der Waals surface area contributed by atoms with Crippen LogP contribution in [0.1, 0.15) is 30.7 Å². The molecule has 4 heteroatoms. The molecule has 20 heavy (non-hydrogen) atoms. The lowest BCUT2D eigenvalue weighted by atomic mass is 9.80. The van der Waals surface area contributed by atoms with E-state index in [2.05, 4.69) is 17.1 Å². The third-order valence-corrected chi connectivity index (χ3v) is 4.52. The molecule has 1 aliphatic carbocycles. The lowest BCUT2D eigenvalue weighted by Gasteiger charge is -2.34. The molecule has 0 N–H and O–H groups in total. The molecule has 0 bridgehead atoms. The number of likely N-dealkylation sites (tertiary alicyclic amines) is 1. The van der Waals surface area contributed by atoms with E-state index in [4.69, 9.17) is 0 Å². The van der Waals surface area contributed by atoms with Crippen LogP contribution in [-0.4, -0.2) is 35.0 Å². The lowest BCUT2D eigenvalue weighted by molar-refractivity contribution is -0.533. The Labute approximate surface area is 119 Å². The average molecular weight is 272 g/mol. The molecule has 1 fully saturated rings. The van der Waals surface area contributed by atoms with Crippen LogP contribution in [0.5, 0.6) is 0 Å². The number of allylic oxidation sites excluding steroid dienone is 1. The second-order valence-corrected chi connectivity index (χ2v) is 5.69. The monoisotopic (exact) mass is 272 g/mol. The van der Waals surface area contributed by atoms with Crippen molar-refractivity contribution in [1.82, 2.24) is 4.90 Å². The molecule has 1 aromatic rings. The molecule has 1 saturated heterocycles. The first-order chi connectivity index (χ1) is 9.77. The van der Waals surface area contributed by atoms with Crippen molar-refractivity contribution in [2.24, 2.45) is 0 Å². The van der Waals surface area contributed by atoms with E-state index < -0.39 is 6.04 Å². The topological polar surface area (TPSA) is 46.4 Å². The van der Waals surface area contributed by atoms with Crippen LogP contribution in [0.25, 0.3) is 0 Å². The van der Waals surface area contributed by atoms with E-state index in [0.29, 0.717) is 0 Å². The number of hydrogen-bond acceptors (Lipinski definition) is 3. The summed E-state index contributed by atoms with van der Waals surface area (Å²) in [6, 6.07) is 9.35. The Morgan fingerprint density at radius 1 is 1.15 bits per heavy atom. The van der Waals surface area contributed by atoms with Crippen molar-refractivity contribution >= 4 is 0 Å². The van der Waals surface area contributed by atoms with Gasteiger partial charge in [0.05, 0.1) is 12.0 Å². The van der Waals surface area contributed by atoms with Crippen LogP contribution >= 0.6 is 0 Å². The molecule has 3 atom stereocenters. The summed E-state index contributed by atoms with van der Waals surface area (Å²) in [6.45, 7) is 1.97. The van der Waals surface area contributed by atoms with E-state index in [1.165, 1.54) is 0 Å². The molecule has 2 aliphatic rings.